The van der Waals surface area contributed by atoms with Crippen LogP contribution < -0.4 is 10.1 Å². The molecule has 3 aromatic carbocycles. The number of benzene rings is 3. The van der Waals surface area contributed by atoms with Crippen LogP contribution in [0.1, 0.15) is 21.5 Å². The van der Waals surface area contributed by atoms with Gasteiger partial charge >= 0.3 is 0 Å². The summed E-state index contributed by atoms with van der Waals surface area (Å²) in [6.45, 7) is -0.0137. The van der Waals surface area contributed by atoms with Gasteiger partial charge in [0.1, 0.15) is 5.75 Å². The van der Waals surface area contributed by atoms with Crippen LogP contribution in [-0.4, -0.2) is 18.3 Å². The number of ketones is 1. The van der Waals surface area contributed by atoms with Crippen LogP contribution in [0.15, 0.2) is 78.9 Å². The Morgan fingerprint density at radius 2 is 1.59 bits per heavy atom. The second-order valence-corrected chi connectivity index (χ2v) is 6.20. The van der Waals surface area contributed by atoms with E-state index < -0.39 is 0 Å². The van der Waals surface area contributed by atoms with Gasteiger partial charge in [-0.15, -0.1) is 0 Å². The third kappa shape index (κ3) is 3.65. The summed E-state index contributed by atoms with van der Waals surface area (Å²) in [5.41, 5.74) is 3.88. The zero-order valence-corrected chi connectivity index (χ0v) is 14.5. The molecule has 0 fully saturated rings. The number of anilines is 1. The smallest absolute Gasteiger partial charge is 0.256 e. The van der Waals surface area contributed by atoms with Crippen molar-refractivity contribution in [3.05, 3.63) is 95.6 Å². The zero-order valence-electron chi connectivity index (χ0n) is 14.5. The normalized spacial score (nSPS) is 13.9. The van der Waals surface area contributed by atoms with E-state index in [0.717, 1.165) is 16.8 Å². The molecule has 1 amide bonds. The number of hydrogen-bond acceptors (Lipinski definition) is 3. The van der Waals surface area contributed by atoms with Crippen molar-refractivity contribution in [2.75, 3.05) is 11.9 Å². The molecule has 132 valence electrons. The minimum Gasteiger partial charge on any atom is -0.485 e. The van der Waals surface area contributed by atoms with Crippen LogP contribution in [0, 0.1) is 0 Å². The van der Waals surface area contributed by atoms with Crippen LogP contribution in [0.25, 0.3) is 11.6 Å². The molecule has 27 heavy (non-hydrogen) atoms. The molecule has 1 aliphatic heterocycles. The van der Waals surface area contributed by atoms with Gasteiger partial charge in [0.2, 0.25) is 0 Å². The van der Waals surface area contributed by atoms with E-state index in [1.54, 1.807) is 24.3 Å². The summed E-state index contributed by atoms with van der Waals surface area (Å²) in [5.74, 6) is 0.434. The van der Waals surface area contributed by atoms with Crippen LogP contribution >= 0.6 is 0 Å². The van der Waals surface area contributed by atoms with Crippen molar-refractivity contribution >= 4 is 29.0 Å². The fourth-order valence-corrected chi connectivity index (χ4v) is 2.97. The molecule has 0 unspecified atom stereocenters. The maximum Gasteiger partial charge on any atom is 0.256 e. The second-order valence-electron chi connectivity index (χ2n) is 6.20. The number of para-hydroxylation sites is 1. The molecular weight excluding hydrogens is 338 g/mol. The SMILES string of the molecule is O=C1Nc2ccccc2/C1=C\c1ccc(OCC(=O)c2ccccc2)cc1. The van der Waals surface area contributed by atoms with Gasteiger partial charge in [0.25, 0.3) is 5.91 Å². The number of rotatable bonds is 5. The number of hydrogen-bond donors (Lipinski definition) is 1. The summed E-state index contributed by atoms with van der Waals surface area (Å²) < 4.78 is 5.58. The van der Waals surface area contributed by atoms with Crippen molar-refractivity contribution in [1.82, 2.24) is 0 Å². The van der Waals surface area contributed by atoms with Crippen molar-refractivity contribution in [2.24, 2.45) is 0 Å². The monoisotopic (exact) mass is 355 g/mol. The first-order valence-electron chi connectivity index (χ1n) is 8.64. The lowest BCUT2D eigenvalue weighted by Crippen LogP contribution is -2.11. The predicted molar refractivity (Wildman–Crippen MR) is 106 cm³/mol. The number of carbonyl (C=O) groups excluding carboxylic acids is 2. The van der Waals surface area contributed by atoms with Gasteiger partial charge in [-0.1, -0.05) is 60.7 Å². The van der Waals surface area contributed by atoms with E-state index in [0.29, 0.717) is 16.9 Å². The highest BCUT2D eigenvalue weighted by Gasteiger charge is 2.23. The van der Waals surface area contributed by atoms with E-state index in [-0.39, 0.29) is 18.3 Å². The minimum absolute atomic E-state index is 0.0137. The molecule has 1 N–H and O–H groups in total. The lowest BCUT2D eigenvalue weighted by Gasteiger charge is -2.06. The number of fused-ring (bicyclic) bond motifs is 1. The van der Waals surface area contributed by atoms with Crippen LogP contribution in [-0.2, 0) is 4.79 Å². The third-order valence-corrected chi connectivity index (χ3v) is 4.37. The molecule has 0 bridgehead atoms. The van der Waals surface area contributed by atoms with E-state index in [1.165, 1.54) is 0 Å². The molecular formula is C23H17NO3. The molecule has 0 radical (unpaired) electrons. The Bertz CT molecular complexity index is 1020. The van der Waals surface area contributed by atoms with Crippen LogP contribution in [0.5, 0.6) is 5.75 Å². The van der Waals surface area contributed by atoms with Crippen molar-refractivity contribution in [1.29, 1.82) is 0 Å². The molecule has 4 nitrogen and oxygen atoms in total. The summed E-state index contributed by atoms with van der Waals surface area (Å²) in [4.78, 5) is 24.3. The molecule has 0 aliphatic carbocycles. The second kappa shape index (κ2) is 7.30. The number of Topliss-reactive ketones (excluding diaryl/α,β-unsaturated/α-hetero) is 1. The maximum atomic E-state index is 12.2. The first-order chi connectivity index (χ1) is 13.2. The number of amides is 1. The Morgan fingerprint density at radius 3 is 2.37 bits per heavy atom. The molecule has 0 atom stereocenters. The van der Waals surface area contributed by atoms with Gasteiger partial charge in [0.15, 0.2) is 12.4 Å². The van der Waals surface area contributed by atoms with Crippen LogP contribution in [0.4, 0.5) is 5.69 Å². The van der Waals surface area contributed by atoms with Gasteiger partial charge in [0.05, 0.1) is 0 Å². The standard InChI is InChI=1S/C23H17NO3/c25-22(17-6-2-1-3-7-17)15-27-18-12-10-16(11-13-18)14-20-19-8-4-5-9-21(19)24-23(20)26/h1-14H,15H2,(H,24,26)/b20-14+. The first kappa shape index (κ1) is 16.8. The van der Waals surface area contributed by atoms with E-state index >= 15 is 0 Å². The Morgan fingerprint density at radius 1 is 0.889 bits per heavy atom. The molecule has 1 heterocycles. The van der Waals surface area contributed by atoms with Crippen molar-refractivity contribution in [3.8, 4) is 5.75 Å². The van der Waals surface area contributed by atoms with E-state index in [9.17, 15) is 9.59 Å². The number of ether oxygens (including phenoxy) is 1. The largest absolute Gasteiger partial charge is 0.485 e. The predicted octanol–water partition coefficient (Wildman–Crippen LogP) is 4.44. The van der Waals surface area contributed by atoms with Gasteiger partial charge in [-0.25, -0.2) is 0 Å². The number of carbonyl (C=O) groups is 2. The average molecular weight is 355 g/mol. The number of nitrogens with one attached hydrogen (secondary N) is 1. The Labute approximate surface area is 157 Å². The summed E-state index contributed by atoms with van der Waals surface area (Å²) >= 11 is 0. The highest BCUT2D eigenvalue weighted by Crippen LogP contribution is 2.32. The maximum absolute atomic E-state index is 12.2. The molecule has 4 rings (SSSR count). The minimum atomic E-state index is -0.106. The average Bonchev–Trinajstić information content (AvgIpc) is 3.03. The molecule has 0 aromatic heterocycles. The van der Waals surface area contributed by atoms with E-state index in [1.807, 2.05) is 60.7 Å². The zero-order chi connectivity index (χ0) is 18.6. The molecule has 0 spiro atoms. The van der Waals surface area contributed by atoms with Gasteiger partial charge < -0.3 is 10.1 Å². The van der Waals surface area contributed by atoms with Crippen LogP contribution in [0.2, 0.25) is 0 Å². The molecule has 4 heteroatoms. The highest BCUT2D eigenvalue weighted by atomic mass is 16.5. The fraction of sp³-hybridized carbons (Fsp3) is 0.0435. The van der Waals surface area contributed by atoms with Gasteiger partial charge in [-0.2, -0.15) is 0 Å². The summed E-state index contributed by atoms with van der Waals surface area (Å²) in [7, 11) is 0. The molecule has 0 saturated heterocycles. The molecule has 1 aliphatic rings. The van der Waals surface area contributed by atoms with Gasteiger partial charge in [-0.3, -0.25) is 9.59 Å². The highest BCUT2D eigenvalue weighted by molar-refractivity contribution is 6.34. The summed E-state index contributed by atoms with van der Waals surface area (Å²) in [6.07, 6.45) is 1.85. The lowest BCUT2D eigenvalue weighted by molar-refractivity contribution is -0.110. The van der Waals surface area contributed by atoms with Crippen molar-refractivity contribution in [3.63, 3.8) is 0 Å². The van der Waals surface area contributed by atoms with Gasteiger partial charge in [-0.05, 0) is 29.8 Å². The lowest BCUT2D eigenvalue weighted by atomic mass is 10.0. The first-order valence-corrected chi connectivity index (χ1v) is 8.64. The van der Waals surface area contributed by atoms with Crippen molar-refractivity contribution < 1.29 is 14.3 Å². The topological polar surface area (TPSA) is 55.4 Å². The Kier molecular flexibility index (Phi) is 4.54. The molecule has 0 saturated carbocycles. The third-order valence-electron chi connectivity index (χ3n) is 4.37. The molecule has 3 aromatic rings. The van der Waals surface area contributed by atoms with E-state index in [2.05, 4.69) is 5.32 Å². The fourth-order valence-electron chi connectivity index (χ4n) is 2.97. The Balaban J connectivity index is 1.45. The summed E-state index contributed by atoms with van der Waals surface area (Å²) in [6, 6.07) is 24.0. The van der Waals surface area contributed by atoms with Gasteiger partial charge in [0, 0.05) is 22.4 Å². The van der Waals surface area contributed by atoms with Crippen LogP contribution in [0.3, 0.4) is 0 Å². The van der Waals surface area contributed by atoms with Crippen molar-refractivity contribution in [2.45, 2.75) is 0 Å². The quantitative estimate of drug-likeness (QED) is 0.544. The summed E-state index contributed by atoms with van der Waals surface area (Å²) in [5, 5.41) is 2.86. The van der Waals surface area contributed by atoms with E-state index in [4.69, 9.17) is 4.74 Å². The Hall–Kier alpha value is -3.66.